The van der Waals surface area contributed by atoms with E-state index in [-0.39, 0.29) is 33.1 Å². The molecule has 0 saturated heterocycles. The van der Waals surface area contributed by atoms with Crippen LogP contribution in [-0.2, 0) is 33.9 Å². The van der Waals surface area contributed by atoms with Gasteiger partial charge in [-0.1, -0.05) is 87.7 Å². The third kappa shape index (κ3) is 7.25. The summed E-state index contributed by atoms with van der Waals surface area (Å²) in [5.74, 6) is 3.04. The van der Waals surface area contributed by atoms with Crippen LogP contribution in [0.15, 0.2) is 91.1 Å². The molecule has 0 amide bonds. The van der Waals surface area contributed by atoms with Gasteiger partial charge in [-0.25, -0.2) is 4.98 Å². The van der Waals surface area contributed by atoms with Crippen molar-refractivity contribution in [1.82, 2.24) is 19.3 Å². The number of hydrogen-bond acceptors (Lipinski definition) is 4. The van der Waals surface area contributed by atoms with Gasteiger partial charge in [0.25, 0.3) is 0 Å². The van der Waals surface area contributed by atoms with Crippen molar-refractivity contribution in [3.63, 3.8) is 0 Å². The number of ether oxygens (including phenoxy) is 2. The fourth-order valence-corrected chi connectivity index (χ4v) is 6.68. The smallest absolute Gasteiger partial charge is 0.509 e. The second-order valence-electron chi connectivity index (χ2n) is 13.5. The largest absolute Gasteiger partial charge is 2.00 e. The van der Waals surface area contributed by atoms with Gasteiger partial charge in [-0.3, -0.25) is 4.68 Å². The first kappa shape index (κ1) is 36.1. The molecule has 0 aliphatic rings. The Hall–Kier alpha value is -4.67. The summed E-state index contributed by atoms with van der Waals surface area (Å²) >= 11 is 0. The molecule has 262 valence electrons. The van der Waals surface area contributed by atoms with E-state index >= 15 is 0 Å². The summed E-state index contributed by atoms with van der Waals surface area (Å²) in [6, 6.07) is 36.6. The maximum absolute atomic E-state index is 6.65. The maximum Gasteiger partial charge on any atom is 2.00 e. The standard InChI is InChI=1S/C44H44N4O2.Pt/c1-8-12-41-44(31-17-15-30(7)16-18-31)39(9-2)46-48(41)33-23-32(28(3)4)24-36(25-33)50-34-19-20-38-37-13-10-11-14-40(37)47(42(38)26-34)43-27-35(21-22-45-43)49-29(5)6;/h10-11,13-24,27-29H,8-9,12H2,1-7H3;/q-2;+2. The minimum atomic E-state index is 0. The third-order valence-corrected chi connectivity index (χ3v) is 9.06. The first-order valence-corrected chi connectivity index (χ1v) is 17.8. The molecule has 6 nitrogen and oxygen atoms in total. The van der Waals surface area contributed by atoms with Crippen LogP contribution < -0.4 is 9.47 Å². The van der Waals surface area contributed by atoms with Crippen LogP contribution in [0.3, 0.4) is 0 Å². The number of hydrogen-bond donors (Lipinski definition) is 0. The Morgan fingerprint density at radius 3 is 2.33 bits per heavy atom. The Kier molecular flexibility index (Phi) is 10.8. The first-order chi connectivity index (χ1) is 24.2. The van der Waals surface area contributed by atoms with Crippen LogP contribution in [0, 0.1) is 19.1 Å². The van der Waals surface area contributed by atoms with E-state index in [4.69, 9.17) is 19.6 Å². The van der Waals surface area contributed by atoms with Crippen LogP contribution in [-0.4, -0.2) is 25.4 Å². The van der Waals surface area contributed by atoms with Crippen LogP contribution in [0.25, 0.3) is 44.4 Å². The van der Waals surface area contributed by atoms with Crippen LogP contribution in [0.4, 0.5) is 0 Å². The van der Waals surface area contributed by atoms with Gasteiger partial charge in [0.2, 0.25) is 0 Å². The Bertz CT molecular complexity index is 2300. The van der Waals surface area contributed by atoms with Gasteiger partial charge in [-0.2, -0.15) is 11.2 Å². The zero-order valence-corrected chi connectivity index (χ0v) is 32.6. The molecule has 3 heterocycles. The molecule has 3 aromatic heterocycles. The second kappa shape index (κ2) is 15.3. The summed E-state index contributed by atoms with van der Waals surface area (Å²) in [4.78, 5) is 4.75. The van der Waals surface area contributed by atoms with Gasteiger partial charge < -0.3 is 14.0 Å². The second-order valence-corrected chi connectivity index (χ2v) is 13.5. The molecule has 4 aromatic carbocycles. The van der Waals surface area contributed by atoms with E-state index in [1.54, 1.807) is 6.20 Å². The van der Waals surface area contributed by atoms with Crippen LogP contribution in [0.1, 0.15) is 76.4 Å². The fourth-order valence-electron chi connectivity index (χ4n) is 6.68. The Labute approximate surface area is 315 Å². The van der Waals surface area contributed by atoms with E-state index in [0.717, 1.165) is 69.6 Å². The van der Waals surface area contributed by atoms with Gasteiger partial charge in [0.05, 0.1) is 11.8 Å². The monoisotopic (exact) mass is 855 g/mol. The summed E-state index contributed by atoms with van der Waals surface area (Å²) in [5.41, 5.74) is 9.92. The summed E-state index contributed by atoms with van der Waals surface area (Å²) in [5, 5.41) is 7.39. The van der Waals surface area contributed by atoms with E-state index < -0.39 is 0 Å². The molecular formula is C44H44N4O2Pt. The molecule has 51 heavy (non-hydrogen) atoms. The number of benzene rings is 4. The molecule has 7 heteroatoms. The van der Waals surface area contributed by atoms with E-state index in [1.165, 1.54) is 22.4 Å². The van der Waals surface area contributed by atoms with Gasteiger partial charge >= 0.3 is 21.1 Å². The summed E-state index contributed by atoms with van der Waals surface area (Å²) in [6.45, 7) is 15.0. The molecule has 0 aliphatic heterocycles. The van der Waals surface area contributed by atoms with Gasteiger partial charge in [0.1, 0.15) is 11.6 Å². The summed E-state index contributed by atoms with van der Waals surface area (Å²) in [7, 11) is 0. The number of pyridine rings is 1. The number of rotatable bonds is 11. The van der Waals surface area contributed by atoms with Crippen LogP contribution in [0.5, 0.6) is 17.2 Å². The van der Waals surface area contributed by atoms with Crippen molar-refractivity contribution >= 4 is 21.8 Å². The van der Waals surface area contributed by atoms with Crippen molar-refractivity contribution in [2.75, 3.05) is 0 Å². The van der Waals surface area contributed by atoms with Crippen molar-refractivity contribution in [2.45, 2.75) is 79.8 Å². The quantitative estimate of drug-likeness (QED) is 0.122. The number of aromatic nitrogens is 4. The molecule has 0 N–H and O–H groups in total. The van der Waals surface area contributed by atoms with Gasteiger partial charge in [-0.05, 0) is 68.3 Å². The molecule has 0 radical (unpaired) electrons. The van der Waals surface area contributed by atoms with Crippen molar-refractivity contribution in [3.8, 4) is 39.9 Å². The molecule has 0 unspecified atom stereocenters. The predicted octanol–water partition coefficient (Wildman–Crippen LogP) is 11.2. The van der Waals surface area contributed by atoms with Gasteiger partial charge in [0.15, 0.2) is 0 Å². The molecule has 7 rings (SSSR count). The van der Waals surface area contributed by atoms with Gasteiger partial charge in [0, 0.05) is 40.5 Å². The number of para-hydroxylation sites is 1. The van der Waals surface area contributed by atoms with Crippen LogP contribution >= 0.6 is 0 Å². The minimum absolute atomic E-state index is 0. The third-order valence-electron chi connectivity index (χ3n) is 9.06. The number of nitrogens with zero attached hydrogens (tertiary/aromatic N) is 4. The van der Waals surface area contributed by atoms with Crippen molar-refractivity contribution in [3.05, 3.63) is 126 Å². The van der Waals surface area contributed by atoms with Crippen LogP contribution in [0.2, 0.25) is 0 Å². The Morgan fingerprint density at radius 1 is 0.824 bits per heavy atom. The summed E-state index contributed by atoms with van der Waals surface area (Å²) in [6.07, 6.45) is 4.59. The van der Waals surface area contributed by atoms with E-state index in [0.29, 0.717) is 11.5 Å². The van der Waals surface area contributed by atoms with E-state index in [9.17, 15) is 0 Å². The SMILES string of the molecule is CCCc1c(-c2ccc(C)cc2)c(CC)nn1-c1[c-]c(Oc2[c-]c3c(cc2)c2ccccc2n3-c2cc(OC(C)C)ccn2)cc(C(C)C)c1.[Pt+2]. The summed E-state index contributed by atoms with van der Waals surface area (Å²) < 4.78 is 16.9. The zero-order valence-electron chi connectivity index (χ0n) is 30.4. The zero-order chi connectivity index (χ0) is 34.9. The van der Waals surface area contributed by atoms with Crippen molar-refractivity contribution in [2.24, 2.45) is 0 Å². The molecule has 0 spiro atoms. The molecule has 0 aliphatic carbocycles. The van der Waals surface area contributed by atoms with Crippen molar-refractivity contribution in [1.29, 1.82) is 0 Å². The molecule has 0 atom stereocenters. The Balaban J connectivity index is 0.00000448. The first-order valence-electron chi connectivity index (χ1n) is 17.8. The topological polar surface area (TPSA) is 54.1 Å². The van der Waals surface area contributed by atoms with E-state index in [2.05, 4.69) is 117 Å². The molecule has 0 bridgehead atoms. The molecule has 7 aromatic rings. The van der Waals surface area contributed by atoms with Crippen molar-refractivity contribution < 1.29 is 30.5 Å². The predicted molar refractivity (Wildman–Crippen MR) is 203 cm³/mol. The minimum Gasteiger partial charge on any atom is -0.509 e. The maximum atomic E-state index is 6.65. The number of aryl methyl sites for hydroxylation is 2. The normalized spacial score (nSPS) is 11.5. The fraction of sp³-hybridized carbons (Fsp3) is 0.273. The average molecular weight is 856 g/mol. The molecule has 0 fully saturated rings. The number of fused-ring (bicyclic) bond motifs is 3. The van der Waals surface area contributed by atoms with Gasteiger partial charge in [-0.15, -0.1) is 41.3 Å². The molecular weight excluding hydrogens is 812 g/mol. The Morgan fingerprint density at radius 2 is 1.61 bits per heavy atom. The van der Waals surface area contributed by atoms with E-state index in [1.807, 2.05) is 38.1 Å². The molecule has 0 saturated carbocycles. The average Bonchev–Trinajstić information content (AvgIpc) is 3.64.